The summed E-state index contributed by atoms with van der Waals surface area (Å²) in [6, 6.07) is 19.7. The minimum absolute atomic E-state index is 0.235. The second-order valence-electron chi connectivity index (χ2n) is 6.52. The van der Waals surface area contributed by atoms with Crippen LogP contribution in [-0.2, 0) is 6.61 Å². The van der Waals surface area contributed by atoms with Crippen LogP contribution < -0.4 is 15.4 Å². The summed E-state index contributed by atoms with van der Waals surface area (Å²) in [7, 11) is 0. The molecule has 0 aliphatic rings. The van der Waals surface area contributed by atoms with E-state index in [4.69, 9.17) is 16.3 Å². The van der Waals surface area contributed by atoms with Gasteiger partial charge in [-0.25, -0.2) is 9.97 Å². The second-order valence-corrected chi connectivity index (χ2v) is 6.96. The van der Waals surface area contributed by atoms with Crippen LogP contribution in [0.5, 0.6) is 5.75 Å². The molecule has 154 valence electrons. The van der Waals surface area contributed by atoms with E-state index in [1.165, 1.54) is 6.20 Å². The molecule has 0 atom stereocenters. The fourth-order valence-corrected chi connectivity index (χ4v) is 2.84. The molecule has 4 aromatic rings. The van der Waals surface area contributed by atoms with Gasteiger partial charge in [-0.15, -0.1) is 0 Å². The van der Waals surface area contributed by atoms with Crippen LogP contribution in [0.1, 0.15) is 16.1 Å². The molecule has 31 heavy (non-hydrogen) atoms. The van der Waals surface area contributed by atoms with Crippen LogP contribution in [0.4, 0.5) is 17.3 Å². The number of amides is 1. The number of nitrogens with zero attached hydrogens (tertiary/aromatic N) is 3. The number of halogens is 1. The van der Waals surface area contributed by atoms with E-state index in [9.17, 15) is 4.79 Å². The Morgan fingerprint density at radius 3 is 2.55 bits per heavy atom. The number of hydrogen-bond donors (Lipinski definition) is 2. The van der Waals surface area contributed by atoms with Crippen LogP contribution in [0, 0.1) is 0 Å². The van der Waals surface area contributed by atoms with Crippen LogP contribution in [0.25, 0.3) is 0 Å². The molecule has 0 aliphatic carbocycles. The number of rotatable bonds is 7. The molecule has 2 aromatic carbocycles. The molecule has 0 spiro atoms. The van der Waals surface area contributed by atoms with Crippen molar-refractivity contribution in [2.75, 3.05) is 10.6 Å². The van der Waals surface area contributed by atoms with Crippen molar-refractivity contribution in [3.05, 3.63) is 102 Å². The van der Waals surface area contributed by atoms with E-state index in [0.717, 1.165) is 11.3 Å². The Kier molecular flexibility index (Phi) is 6.35. The van der Waals surface area contributed by atoms with E-state index in [1.807, 2.05) is 36.4 Å². The minimum atomic E-state index is -0.352. The lowest BCUT2D eigenvalue weighted by molar-refractivity contribution is 0.102. The largest absolute Gasteiger partial charge is 0.489 e. The van der Waals surface area contributed by atoms with Gasteiger partial charge in [0.15, 0.2) is 0 Å². The quantitative estimate of drug-likeness (QED) is 0.423. The number of carbonyl (C=O) groups is 1. The van der Waals surface area contributed by atoms with Gasteiger partial charge in [-0.2, -0.15) is 0 Å². The van der Waals surface area contributed by atoms with Gasteiger partial charge >= 0.3 is 0 Å². The summed E-state index contributed by atoms with van der Waals surface area (Å²) < 4.78 is 5.81. The zero-order valence-corrected chi connectivity index (χ0v) is 17.1. The number of nitrogens with one attached hydrogen (secondary N) is 2. The summed E-state index contributed by atoms with van der Waals surface area (Å²) in [6.45, 7) is 0.393. The molecule has 0 fully saturated rings. The van der Waals surface area contributed by atoms with Crippen molar-refractivity contribution in [3.63, 3.8) is 0 Å². The number of anilines is 3. The first kappa shape index (κ1) is 20.3. The summed E-state index contributed by atoms with van der Waals surface area (Å²) in [4.78, 5) is 25.0. The molecule has 4 rings (SSSR count). The van der Waals surface area contributed by atoms with Gasteiger partial charge in [-0.05, 0) is 48.0 Å². The summed E-state index contributed by atoms with van der Waals surface area (Å²) in [5, 5.41) is 6.55. The Balaban J connectivity index is 1.40. The standard InChI is InChI=1S/C23H18ClN5O2/c24-17-6-4-16(5-7-17)15-31-20-3-1-2-19(14-20)27-22(30)21-10-13-26-23(29-21)28-18-8-11-25-12-9-18/h1-14H,15H2,(H,27,30)(H,25,26,28,29). The molecule has 1 amide bonds. The third kappa shape index (κ3) is 5.77. The molecule has 0 saturated heterocycles. The number of aromatic nitrogens is 3. The first-order chi connectivity index (χ1) is 15.2. The van der Waals surface area contributed by atoms with Gasteiger partial charge < -0.3 is 15.4 Å². The third-order valence-electron chi connectivity index (χ3n) is 4.24. The van der Waals surface area contributed by atoms with Crippen molar-refractivity contribution in [2.45, 2.75) is 6.61 Å². The predicted molar refractivity (Wildman–Crippen MR) is 120 cm³/mol. The predicted octanol–water partition coefficient (Wildman–Crippen LogP) is 5.10. The molecule has 8 heteroatoms. The highest BCUT2D eigenvalue weighted by molar-refractivity contribution is 6.30. The van der Waals surface area contributed by atoms with Crippen molar-refractivity contribution in [2.24, 2.45) is 0 Å². The van der Waals surface area contributed by atoms with Gasteiger partial charge in [0.05, 0.1) is 0 Å². The van der Waals surface area contributed by atoms with Crippen molar-refractivity contribution in [3.8, 4) is 5.75 Å². The molecule has 0 radical (unpaired) electrons. The lowest BCUT2D eigenvalue weighted by atomic mass is 10.2. The number of pyridine rings is 1. The fraction of sp³-hybridized carbons (Fsp3) is 0.0435. The summed E-state index contributed by atoms with van der Waals surface area (Å²) in [5.74, 6) is 0.601. The summed E-state index contributed by atoms with van der Waals surface area (Å²) in [5.41, 5.74) is 2.60. The SMILES string of the molecule is O=C(Nc1cccc(OCc2ccc(Cl)cc2)c1)c1ccnc(Nc2ccncc2)n1. The molecule has 0 aliphatic heterocycles. The van der Waals surface area contributed by atoms with Gasteiger partial charge in [0.1, 0.15) is 18.1 Å². The average molecular weight is 432 g/mol. The summed E-state index contributed by atoms with van der Waals surface area (Å²) >= 11 is 5.90. The number of ether oxygens (including phenoxy) is 1. The molecule has 7 nitrogen and oxygen atoms in total. The third-order valence-corrected chi connectivity index (χ3v) is 4.49. The van der Waals surface area contributed by atoms with E-state index >= 15 is 0 Å². The van der Waals surface area contributed by atoms with E-state index in [0.29, 0.717) is 29.0 Å². The van der Waals surface area contributed by atoms with E-state index in [2.05, 4.69) is 25.6 Å². The van der Waals surface area contributed by atoms with Gasteiger partial charge in [0.25, 0.3) is 5.91 Å². The Morgan fingerprint density at radius 2 is 1.74 bits per heavy atom. The van der Waals surface area contributed by atoms with E-state index < -0.39 is 0 Å². The maximum Gasteiger partial charge on any atom is 0.274 e. The first-order valence-corrected chi connectivity index (χ1v) is 9.82. The van der Waals surface area contributed by atoms with Crippen LogP contribution >= 0.6 is 11.6 Å². The molecular weight excluding hydrogens is 414 g/mol. The molecule has 0 bridgehead atoms. The Bertz CT molecular complexity index is 1170. The van der Waals surface area contributed by atoms with Crippen molar-refractivity contribution >= 4 is 34.8 Å². The van der Waals surface area contributed by atoms with Crippen molar-refractivity contribution in [1.82, 2.24) is 15.0 Å². The molecule has 0 unspecified atom stereocenters. The van der Waals surface area contributed by atoms with E-state index in [1.54, 1.807) is 42.7 Å². The van der Waals surface area contributed by atoms with Gasteiger partial charge in [0.2, 0.25) is 5.95 Å². The van der Waals surface area contributed by atoms with E-state index in [-0.39, 0.29) is 11.6 Å². The van der Waals surface area contributed by atoms with Gasteiger partial charge in [0, 0.05) is 41.1 Å². The topological polar surface area (TPSA) is 89.0 Å². The highest BCUT2D eigenvalue weighted by Gasteiger charge is 2.10. The van der Waals surface area contributed by atoms with Crippen LogP contribution in [0.15, 0.2) is 85.3 Å². The minimum Gasteiger partial charge on any atom is -0.489 e. The number of hydrogen-bond acceptors (Lipinski definition) is 6. The van der Waals surface area contributed by atoms with Crippen molar-refractivity contribution < 1.29 is 9.53 Å². The zero-order valence-electron chi connectivity index (χ0n) is 16.3. The van der Waals surface area contributed by atoms with Crippen LogP contribution in [0.3, 0.4) is 0 Å². The maximum absolute atomic E-state index is 12.6. The molecule has 2 N–H and O–H groups in total. The molecule has 2 heterocycles. The monoisotopic (exact) mass is 431 g/mol. The maximum atomic E-state index is 12.6. The van der Waals surface area contributed by atoms with Crippen molar-refractivity contribution in [1.29, 1.82) is 0 Å². The normalized spacial score (nSPS) is 10.4. The zero-order chi connectivity index (χ0) is 21.5. The van der Waals surface area contributed by atoms with Crippen LogP contribution in [-0.4, -0.2) is 20.9 Å². The Hall–Kier alpha value is -3.97. The molecular formula is C23H18ClN5O2. The average Bonchev–Trinajstić information content (AvgIpc) is 2.80. The lowest BCUT2D eigenvalue weighted by Crippen LogP contribution is -2.14. The van der Waals surface area contributed by atoms with Crippen LogP contribution in [0.2, 0.25) is 5.02 Å². The second kappa shape index (κ2) is 9.69. The molecule has 2 aromatic heterocycles. The number of carbonyl (C=O) groups excluding carboxylic acids is 1. The lowest BCUT2D eigenvalue weighted by Gasteiger charge is -2.10. The number of benzene rings is 2. The highest BCUT2D eigenvalue weighted by Crippen LogP contribution is 2.20. The smallest absolute Gasteiger partial charge is 0.274 e. The Morgan fingerprint density at radius 1 is 0.935 bits per heavy atom. The van der Waals surface area contributed by atoms with Gasteiger partial charge in [-0.1, -0.05) is 29.8 Å². The van der Waals surface area contributed by atoms with Gasteiger partial charge in [-0.3, -0.25) is 9.78 Å². The highest BCUT2D eigenvalue weighted by atomic mass is 35.5. The fourth-order valence-electron chi connectivity index (χ4n) is 2.72. The molecule has 0 saturated carbocycles. The first-order valence-electron chi connectivity index (χ1n) is 9.44. The summed E-state index contributed by atoms with van der Waals surface area (Å²) in [6.07, 6.45) is 4.83. The Labute approximate surface area is 184 Å².